The number of aromatic nitrogens is 2. The summed E-state index contributed by atoms with van der Waals surface area (Å²) in [6, 6.07) is 12.4. The number of carbonyl (C=O) groups is 1. The van der Waals surface area contributed by atoms with Crippen molar-refractivity contribution in [1.29, 1.82) is 0 Å². The van der Waals surface area contributed by atoms with Gasteiger partial charge in [-0.1, -0.05) is 6.07 Å². The Morgan fingerprint density at radius 3 is 2.84 bits per heavy atom. The summed E-state index contributed by atoms with van der Waals surface area (Å²) in [5.41, 5.74) is 1.59. The minimum atomic E-state index is -0.320. The molecule has 2 N–H and O–H groups in total. The number of carbonyl (C=O) groups excluding carboxylic acids is 1. The molecule has 7 heteroatoms. The van der Waals surface area contributed by atoms with Crippen molar-refractivity contribution < 1.29 is 13.9 Å². The largest absolute Gasteiger partial charge is 0.497 e. The molecule has 0 unspecified atom stereocenters. The van der Waals surface area contributed by atoms with E-state index in [4.69, 9.17) is 9.15 Å². The predicted octanol–water partition coefficient (Wildman–Crippen LogP) is 3.25. The Balaban J connectivity index is 1.73. The van der Waals surface area contributed by atoms with Crippen molar-refractivity contribution in [3.8, 4) is 5.75 Å². The van der Waals surface area contributed by atoms with Crippen molar-refractivity contribution in [2.24, 2.45) is 0 Å². The van der Waals surface area contributed by atoms with E-state index in [1.165, 1.54) is 0 Å². The quantitative estimate of drug-likeness (QED) is 0.717. The van der Waals surface area contributed by atoms with Gasteiger partial charge in [-0.05, 0) is 37.3 Å². The van der Waals surface area contributed by atoms with Crippen LogP contribution in [0.25, 0.3) is 0 Å². The molecule has 0 fully saturated rings. The molecule has 7 nitrogen and oxygen atoms in total. The van der Waals surface area contributed by atoms with Gasteiger partial charge in [-0.25, -0.2) is 9.97 Å². The maximum absolute atomic E-state index is 12.5. The molecule has 25 heavy (non-hydrogen) atoms. The lowest BCUT2D eigenvalue weighted by molar-refractivity contribution is 0.102. The summed E-state index contributed by atoms with van der Waals surface area (Å²) in [6.07, 6.45) is 1.60. The summed E-state index contributed by atoms with van der Waals surface area (Å²) in [5, 5.41) is 5.85. The Morgan fingerprint density at radius 1 is 1.20 bits per heavy atom. The normalized spacial score (nSPS) is 10.3. The lowest BCUT2D eigenvalue weighted by Gasteiger charge is -2.09. The Kier molecular flexibility index (Phi) is 4.94. The molecule has 0 radical (unpaired) electrons. The van der Waals surface area contributed by atoms with E-state index in [-0.39, 0.29) is 11.6 Å². The first-order valence-corrected chi connectivity index (χ1v) is 7.71. The van der Waals surface area contributed by atoms with Crippen LogP contribution in [0.2, 0.25) is 0 Å². The topological polar surface area (TPSA) is 89.3 Å². The SMILES string of the molecule is COc1cccc(NC(=O)c2cc(C)nc(NCc3ccco3)n2)c1. The fraction of sp³-hybridized carbons (Fsp3) is 0.167. The summed E-state index contributed by atoms with van der Waals surface area (Å²) < 4.78 is 10.4. The maximum Gasteiger partial charge on any atom is 0.274 e. The lowest BCUT2D eigenvalue weighted by Crippen LogP contribution is -2.16. The molecule has 1 aromatic carbocycles. The number of methoxy groups -OCH3 is 1. The van der Waals surface area contributed by atoms with E-state index in [9.17, 15) is 4.79 Å². The Labute approximate surface area is 145 Å². The van der Waals surface area contributed by atoms with E-state index in [0.29, 0.717) is 29.6 Å². The van der Waals surface area contributed by atoms with Crippen LogP contribution in [0.1, 0.15) is 21.9 Å². The molecule has 0 aliphatic heterocycles. The lowest BCUT2D eigenvalue weighted by atomic mass is 10.2. The predicted molar refractivity (Wildman–Crippen MR) is 93.8 cm³/mol. The molecule has 0 bridgehead atoms. The molecule has 0 atom stereocenters. The van der Waals surface area contributed by atoms with Crippen LogP contribution in [0.4, 0.5) is 11.6 Å². The van der Waals surface area contributed by atoms with Crippen LogP contribution in [0.3, 0.4) is 0 Å². The number of amides is 1. The van der Waals surface area contributed by atoms with Gasteiger partial charge < -0.3 is 19.8 Å². The second-order valence-electron chi connectivity index (χ2n) is 5.34. The van der Waals surface area contributed by atoms with Crippen molar-refractivity contribution >= 4 is 17.5 Å². The summed E-state index contributed by atoms with van der Waals surface area (Å²) in [5.74, 6) is 1.47. The number of rotatable bonds is 6. The number of nitrogens with one attached hydrogen (secondary N) is 2. The highest BCUT2D eigenvalue weighted by Gasteiger charge is 2.11. The number of aryl methyl sites for hydroxylation is 1. The number of furan rings is 1. The van der Waals surface area contributed by atoms with Crippen LogP contribution in [0.5, 0.6) is 5.75 Å². The van der Waals surface area contributed by atoms with Gasteiger partial charge in [0.15, 0.2) is 0 Å². The zero-order chi connectivity index (χ0) is 17.6. The Morgan fingerprint density at radius 2 is 2.08 bits per heavy atom. The molecule has 128 valence electrons. The van der Waals surface area contributed by atoms with Crippen molar-refractivity contribution in [2.75, 3.05) is 17.7 Å². The maximum atomic E-state index is 12.5. The van der Waals surface area contributed by atoms with E-state index in [2.05, 4.69) is 20.6 Å². The van der Waals surface area contributed by atoms with Crippen LogP contribution in [-0.2, 0) is 6.54 Å². The van der Waals surface area contributed by atoms with E-state index in [0.717, 1.165) is 5.76 Å². The van der Waals surface area contributed by atoms with Crippen molar-refractivity contribution in [3.05, 3.63) is 65.9 Å². The van der Waals surface area contributed by atoms with Gasteiger partial charge in [0.2, 0.25) is 5.95 Å². The summed E-state index contributed by atoms with van der Waals surface area (Å²) >= 11 is 0. The van der Waals surface area contributed by atoms with Crippen LogP contribution in [0.15, 0.2) is 53.1 Å². The first-order chi connectivity index (χ1) is 12.1. The minimum absolute atomic E-state index is 0.275. The molecule has 0 saturated heterocycles. The number of anilines is 2. The first kappa shape index (κ1) is 16.5. The highest BCUT2D eigenvalue weighted by atomic mass is 16.5. The number of hydrogen-bond donors (Lipinski definition) is 2. The van der Waals surface area contributed by atoms with Gasteiger partial charge in [-0.15, -0.1) is 0 Å². The highest BCUT2D eigenvalue weighted by Crippen LogP contribution is 2.17. The molecule has 0 spiro atoms. The molecule has 0 aliphatic carbocycles. The van der Waals surface area contributed by atoms with E-state index >= 15 is 0 Å². The zero-order valence-corrected chi connectivity index (χ0v) is 13.9. The van der Waals surface area contributed by atoms with E-state index in [1.807, 2.05) is 13.0 Å². The average molecular weight is 338 g/mol. The fourth-order valence-corrected chi connectivity index (χ4v) is 2.24. The van der Waals surface area contributed by atoms with Gasteiger partial charge in [-0.3, -0.25) is 4.79 Å². The van der Waals surface area contributed by atoms with Crippen molar-refractivity contribution in [2.45, 2.75) is 13.5 Å². The van der Waals surface area contributed by atoms with Crippen LogP contribution >= 0.6 is 0 Å². The van der Waals surface area contributed by atoms with Gasteiger partial charge in [0.1, 0.15) is 17.2 Å². The van der Waals surface area contributed by atoms with E-state index < -0.39 is 0 Å². The summed E-state index contributed by atoms with van der Waals surface area (Å²) in [4.78, 5) is 21.0. The molecule has 0 aliphatic rings. The van der Waals surface area contributed by atoms with Crippen LogP contribution in [0, 0.1) is 6.92 Å². The molecule has 2 heterocycles. The Hall–Kier alpha value is -3.35. The van der Waals surface area contributed by atoms with Gasteiger partial charge in [0, 0.05) is 17.4 Å². The van der Waals surface area contributed by atoms with Crippen LogP contribution in [-0.4, -0.2) is 23.0 Å². The van der Waals surface area contributed by atoms with Gasteiger partial charge >= 0.3 is 0 Å². The average Bonchev–Trinajstić information content (AvgIpc) is 3.13. The molecular weight excluding hydrogens is 320 g/mol. The van der Waals surface area contributed by atoms with Crippen LogP contribution < -0.4 is 15.4 Å². The van der Waals surface area contributed by atoms with Gasteiger partial charge in [0.05, 0.1) is 19.9 Å². The number of benzene rings is 1. The first-order valence-electron chi connectivity index (χ1n) is 7.71. The highest BCUT2D eigenvalue weighted by molar-refractivity contribution is 6.03. The fourth-order valence-electron chi connectivity index (χ4n) is 2.24. The van der Waals surface area contributed by atoms with Gasteiger partial charge in [-0.2, -0.15) is 0 Å². The molecule has 3 aromatic rings. The smallest absolute Gasteiger partial charge is 0.274 e. The summed E-state index contributed by atoms with van der Waals surface area (Å²) in [7, 11) is 1.58. The number of nitrogens with zero attached hydrogens (tertiary/aromatic N) is 2. The molecule has 1 amide bonds. The molecular formula is C18H18N4O3. The Bertz CT molecular complexity index is 863. The number of ether oxygens (including phenoxy) is 1. The third kappa shape index (κ3) is 4.35. The second-order valence-corrected chi connectivity index (χ2v) is 5.34. The molecule has 2 aromatic heterocycles. The van der Waals surface area contributed by atoms with Crippen molar-refractivity contribution in [1.82, 2.24) is 9.97 Å². The molecule has 3 rings (SSSR count). The molecule has 0 saturated carbocycles. The third-order valence-corrected chi connectivity index (χ3v) is 3.42. The minimum Gasteiger partial charge on any atom is -0.497 e. The third-order valence-electron chi connectivity index (χ3n) is 3.42. The summed E-state index contributed by atoms with van der Waals surface area (Å²) in [6.45, 7) is 2.25. The van der Waals surface area contributed by atoms with Gasteiger partial charge in [0.25, 0.3) is 5.91 Å². The number of hydrogen-bond acceptors (Lipinski definition) is 6. The van der Waals surface area contributed by atoms with E-state index in [1.54, 1.807) is 49.8 Å². The standard InChI is InChI=1S/C18H18N4O3/c1-12-9-16(17(23)21-13-5-3-6-14(10-13)24-2)22-18(20-12)19-11-15-7-4-8-25-15/h3-10H,11H2,1-2H3,(H,21,23)(H,19,20,22). The second kappa shape index (κ2) is 7.48. The zero-order valence-electron chi connectivity index (χ0n) is 13.9. The van der Waals surface area contributed by atoms with Crippen molar-refractivity contribution in [3.63, 3.8) is 0 Å². The monoisotopic (exact) mass is 338 g/mol.